The van der Waals surface area contributed by atoms with Crippen molar-refractivity contribution in [3.8, 4) is 0 Å². The Morgan fingerprint density at radius 1 is 1.12 bits per heavy atom. The Labute approximate surface area is 197 Å². The number of amides is 1. The van der Waals surface area contributed by atoms with E-state index in [0.29, 0.717) is 40.5 Å². The second-order valence-electron chi connectivity index (χ2n) is 9.66. The summed E-state index contributed by atoms with van der Waals surface area (Å²) < 4.78 is 0. The van der Waals surface area contributed by atoms with Crippen LogP contribution in [0.1, 0.15) is 71.4 Å². The number of aryl methyl sites for hydroxylation is 1. The van der Waals surface area contributed by atoms with Gasteiger partial charge in [-0.25, -0.2) is 9.97 Å². The number of hydrogen-bond donors (Lipinski definition) is 1. The highest BCUT2D eigenvalue weighted by Gasteiger charge is 2.43. The van der Waals surface area contributed by atoms with E-state index in [1.807, 2.05) is 31.0 Å². The Bertz CT molecular complexity index is 1200. The van der Waals surface area contributed by atoms with Crippen LogP contribution in [0, 0.1) is 6.92 Å². The van der Waals surface area contributed by atoms with Gasteiger partial charge < -0.3 is 10.2 Å². The molecule has 7 heteroatoms. The van der Waals surface area contributed by atoms with Crippen molar-refractivity contribution in [3.63, 3.8) is 0 Å². The number of rotatable bonds is 4. The smallest absolute Gasteiger partial charge is 0.253 e. The molecule has 1 aliphatic carbocycles. The summed E-state index contributed by atoms with van der Waals surface area (Å²) in [4.78, 5) is 25.5. The Morgan fingerprint density at radius 3 is 2.66 bits per heavy atom. The number of carbonyl (C=O) groups is 1. The van der Waals surface area contributed by atoms with E-state index in [9.17, 15) is 4.79 Å². The molecule has 5 nitrogen and oxygen atoms in total. The van der Waals surface area contributed by atoms with Crippen LogP contribution in [0.15, 0.2) is 29.6 Å². The lowest BCUT2D eigenvalue weighted by Gasteiger charge is -2.35. The summed E-state index contributed by atoms with van der Waals surface area (Å²) in [5.74, 6) is 1.60. The molecule has 3 unspecified atom stereocenters. The van der Waals surface area contributed by atoms with E-state index in [-0.39, 0.29) is 5.91 Å². The van der Waals surface area contributed by atoms with Gasteiger partial charge in [-0.2, -0.15) is 0 Å². The summed E-state index contributed by atoms with van der Waals surface area (Å²) in [5.41, 5.74) is 2.94. The number of carbonyl (C=O) groups excluding carboxylic acids is 1. The molecule has 2 bridgehead atoms. The highest BCUT2D eigenvalue weighted by atomic mass is 35.5. The second-order valence-corrected chi connectivity index (χ2v) is 11.0. The first-order valence-electron chi connectivity index (χ1n) is 11.5. The highest BCUT2D eigenvalue weighted by Crippen LogP contribution is 2.57. The predicted octanol–water partition coefficient (Wildman–Crippen LogP) is 5.28. The van der Waals surface area contributed by atoms with E-state index in [4.69, 9.17) is 16.6 Å². The number of nitrogens with zero attached hydrogens (tertiary/aromatic N) is 3. The lowest BCUT2D eigenvalue weighted by Crippen LogP contribution is -2.48. The van der Waals surface area contributed by atoms with E-state index >= 15 is 0 Å². The van der Waals surface area contributed by atoms with Crippen molar-refractivity contribution in [1.82, 2.24) is 20.2 Å². The first kappa shape index (κ1) is 20.6. The van der Waals surface area contributed by atoms with Crippen molar-refractivity contribution < 1.29 is 4.79 Å². The molecule has 1 amide bonds. The third kappa shape index (κ3) is 3.53. The summed E-state index contributed by atoms with van der Waals surface area (Å²) in [6, 6.07) is 9.43. The Hall–Kier alpha value is -2.02. The summed E-state index contributed by atoms with van der Waals surface area (Å²) in [5, 5.41) is 7.58. The van der Waals surface area contributed by atoms with Crippen LogP contribution >= 0.6 is 22.9 Å². The Kier molecular flexibility index (Phi) is 5.01. The number of piperidine rings is 1. The standard InChI is InChI=1S/C25H27ClN4OS/c1-13-27-23(19-7-8-32-24(19)28-13)21-12-20(21)18-6-3-14(9-22(18)26)25(31)30(2)17-10-15-4-5-16(11-17)29-15/h3,6-9,15-17,20-21,29H,4-5,10-12H2,1-2H3/t15-,16+,17?,20?,21?. The van der Waals surface area contributed by atoms with Crippen LogP contribution in [0.3, 0.4) is 0 Å². The van der Waals surface area contributed by atoms with Crippen LogP contribution in [-0.4, -0.2) is 45.9 Å². The fourth-order valence-corrected chi connectivity index (χ4v) is 6.92. The molecule has 166 valence electrons. The van der Waals surface area contributed by atoms with Crippen molar-refractivity contribution in [2.45, 2.75) is 69.0 Å². The van der Waals surface area contributed by atoms with Gasteiger partial charge in [0.1, 0.15) is 10.7 Å². The maximum absolute atomic E-state index is 13.2. The molecule has 4 heterocycles. The zero-order valence-corrected chi connectivity index (χ0v) is 19.9. The second kappa shape index (κ2) is 7.79. The van der Waals surface area contributed by atoms with Crippen LogP contribution in [0.5, 0.6) is 0 Å². The Morgan fingerprint density at radius 2 is 1.91 bits per heavy atom. The molecule has 6 rings (SSSR count). The maximum Gasteiger partial charge on any atom is 0.253 e. The quantitative estimate of drug-likeness (QED) is 0.568. The topological polar surface area (TPSA) is 58.1 Å². The van der Waals surface area contributed by atoms with Crippen molar-refractivity contribution in [3.05, 3.63) is 57.3 Å². The molecule has 3 aromatic rings. The van der Waals surface area contributed by atoms with Crippen molar-refractivity contribution in [2.75, 3.05) is 7.05 Å². The van der Waals surface area contributed by atoms with Crippen molar-refractivity contribution >= 4 is 39.1 Å². The molecule has 2 saturated heterocycles. The number of halogens is 1. The van der Waals surface area contributed by atoms with Gasteiger partial charge in [0.25, 0.3) is 5.91 Å². The lowest BCUT2D eigenvalue weighted by atomic mass is 9.97. The van der Waals surface area contributed by atoms with Crippen molar-refractivity contribution in [1.29, 1.82) is 0 Å². The molecule has 3 fully saturated rings. The van der Waals surface area contributed by atoms with Crippen molar-refractivity contribution in [2.24, 2.45) is 0 Å². The number of hydrogen-bond acceptors (Lipinski definition) is 5. The lowest BCUT2D eigenvalue weighted by molar-refractivity contribution is 0.0681. The molecule has 1 saturated carbocycles. The van der Waals surface area contributed by atoms with Gasteiger partial charge in [0.05, 0.1) is 5.69 Å². The molecule has 2 aliphatic heterocycles. The number of benzene rings is 1. The molecular weight excluding hydrogens is 440 g/mol. The minimum Gasteiger partial charge on any atom is -0.339 e. The molecule has 1 aromatic carbocycles. The average Bonchev–Trinajstić information content (AvgIpc) is 3.30. The third-order valence-corrected chi connectivity index (χ3v) is 8.71. The van der Waals surface area contributed by atoms with E-state index < -0.39 is 0 Å². The zero-order valence-electron chi connectivity index (χ0n) is 18.3. The molecule has 32 heavy (non-hydrogen) atoms. The molecule has 1 N–H and O–H groups in total. The normalized spacial score (nSPS) is 28.8. The minimum atomic E-state index is 0.0727. The van der Waals surface area contributed by atoms with Gasteiger partial charge in [-0.15, -0.1) is 11.3 Å². The molecule has 0 radical (unpaired) electrons. The van der Waals surface area contributed by atoms with Crippen LogP contribution < -0.4 is 5.32 Å². The van der Waals surface area contributed by atoms with Crippen LogP contribution in [0.25, 0.3) is 10.2 Å². The van der Waals surface area contributed by atoms with E-state index in [2.05, 4.69) is 27.8 Å². The summed E-state index contributed by atoms with van der Waals surface area (Å²) in [6.07, 6.45) is 5.59. The van der Waals surface area contributed by atoms with Gasteiger partial charge in [0.2, 0.25) is 0 Å². The van der Waals surface area contributed by atoms with Gasteiger partial charge >= 0.3 is 0 Å². The van der Waals surface area contributed by atoms with Gasteiger partial charge in [-0.3, -0.25) is 4.79 Å². The number of fused-ring (bicyclic) bond motifs is 3. The first-order chi connectivity index (χ1) is 15.5. The van der Waals surface area contributed by atoms with E-state index in [1.54, 1.807) is 11.3 Å². The van der Waals surface area contributed by atoms with Gasteiger partial charge in [-0.1, -0.05) is 17.7 Å². The minimum absolute atomic E-state index is 0.0727. The fraction of sp³-hybridized carbons (Fsp3) is 0.480. The van der Waals surface area contributed by atoms with E-state index in [0.717, 1.165) is 46.6 Å². The first-order valence-corrected chi connectivity index (χ1v) is 12.8. The van der Waals surface area contributed by atoms with Gasteiger partial charge in [-0.05, 0) is 74.1 Å². The highest BCUT2D eigenvalue weighted by molar-refractivity contribution is 7.16. The molecule has 2 aromatic heterocycles. The van der Waals surface area contributed by atoms with E-state index in [1.165, 1.54) is 12.8 Å². The number of aromatic nitrogens is 2. The molecule has 3 aliphatic rings. The van der Waals surface area contributed by atoms with Gasteiger partial charge in [0, 0.05) is 47.1 Å². The number of nitrogens with one attached hydrogen (secondary N) is 1. The summed E-state index contributed by atoms with van der Waals surface area (Å²) in [6.45, 7) is 1.96. The zero-order chi connectivity index (χ0) is 22.0. The Balaban J connectivity index is 1.20. The van der Waals surface area contributed by atoms with Crippen LogP contribution in [-0.2, 0) is 0 Å². The summed E-state index contributed by atoms with van der Waals surface area (Å²) in [7, 11) is 1.94. The monoisotopic (exact) mass is 466 g/mol. The summed E-state index contributed by atoms with van der Waals surface area (Å²) >= 11 is 8.39. The average molecular weight is 467 g/mol. The van der Waals surface area contributed by atoms with Crippen LogP contribution in [0.4, 0.5) is 0 Å². The third-order valence-electron chi connectivity index (χ3n) is 7.57. The molecule has 0 spiro atoms. The van der Waals surface area contributed by atoms with Gasteiger partial charge in [0.15, 0.2) is 0 Å². The predicted molar refractivity (Wildman–Crippen MR) is 129 cm³/mol. The SMILES string of the molecule is Cc1nc(C2CC2c2ccc(C(=O)N(C)C3C[C@H]4CC[C@@H](C3)N4)cc2Cl)c2ccsc2n1. The molecular formula is C25H27ClN4OS. The maximum atomic E-state index is 13.2. The number of thiophene rings is 1. The van der Waals surface area contributed by atoms with Crippen LogP contribution in [0.2, 0.25) is 5.02 Å². The largest absolute Gasteiger partial charge is 0.339 e. The molecule has 5 atom stereocenters. The fourth-order valence-electron chi connectivity index (χ4n) is 5.79.